The minimum Gasteiger partial charge on any atom is -0.497 e. The fourth-order valence-corrected chi connectivity index (χ4v) is 6.81. The number of amides is 1. The van der Waals surface area contributed by atoms with Crippen LogP contribution in [0.3, 0.4) is 0 Å². The number of alkyl halides is 3. The maximum absolute atomic E-state index is 14.1. The summed E-state index contributed by atoms with van der Waals surface area (Å²) in [6.07, 6.45) is -3.13. The number of carbonyl (C=O) groups excluding carboxylic acids is 1. The number of sulfonamides is 1. The zero-order valence-electron chi connectivity index (χ0n) is 23.4. The number of hydrogen-bond donors (Lipinski definition) is 0. The molecule has 1 amide bonds. The van der Waals surface area contributed by atoms with Crippen molar-refractivity contribution < 1.29 is 40.6 Å². The van der Waals surface area contributed by atoms with Gasteiger partial charge in [0, 0.05) is 17.6 Å². The number of ether oxygens (including phenoxy) is 3. The number of anilines is 3. The van der Waals surface area contributed by atoms with Crippen LogP contribution in [-0.4, -0.2) is 39.1 Å². The smallest absolute Gasteiger partial charge is 0.416 e. The summed E-state index contributed by atoms with van der Waals surface area (Å²) >= 11 is 1.15. The number of nitrogens with zero attached hydrogens (tertiary/aromatic N) is 3. The van der Waals surface area contributed by atoms with Crippen LogP contribution in [0, 0.1) is 0 Å². The molecule has 9 nitrogen and oxygen atoms in total. The summed E-state index contributed by atoms with van der Waals surface area (Å²) in [6, 6.07) is 13.7. The predicted octanol–water partition coefficient (Wildman–Crippen LogP) is 6.41. The molecule has 0 radical (unpaired) electrons. The van der Waals surface area contributed by atoms with Crippen molar-refractivity contribution in [3.63, 3.8) is 0 Å². The second-order valence-corrected chi connectivity index (χ2v) is 12.7. The molecule has 14 heteroatoms. The maximum Gasteiger partial charge on any atom is 0.416 e. The summed E-state index contributed by atoms with van der Waals surface area (Å²) in [6.45, 7) is 2.93. The van der Waals surface area contributed by atoms with Gasteiger partial charge in [-0.2, -0.15) is 13.2 Å². The number of rotatable bonds is 8. The molecule has 0 N–H and O–H groups in total. The molecule has 0 saturated carbocycles. The lowest BCUT2D eigenvalue weighted by atomic mass is 10.0. The van der Waals surface area contributed by atoms with Gasteiger partial charge in [0.15, 0.2) is 10.7 Å². The molecule has 0 fully saturated rings. The van der Waals surface area contributed by atoms with E-state index in [9.17, 15) is 26.4 Å². The summed E-state index contributed by atoms with van der Waals surface area (Å²) in [7, 11) is -1.50. The van der Waals surface area contributed by atoms with E-state index < -0.39 is 33.3 Å². The lowest BCUT2D eigenvalue weighted by Crippen LogP contribution is -2.50. The molecular formula is C29H26F3N3O6S2. The van der Waals surface area contributed by atoms with E-state index in [4.69, 9.17) is 14.2 Å². The monoisotopic (exact) mass is 633 g/mol. The lowest BCUT2D eigenvalue weighted by molar-refractivity contribution is -0.137. The first-order valence-electron chi connectivity index (χ1n) is 12.7. The van der Waals surface area contributed by atoms with Crippen LogP contribution >= 0.6 is 11.3 Å². The highest BCUT2D eigenvalue weighted by molar-refractivity contribution is 7.93. The van der Waals surface area contributed by atoms with Crippen molar-refractivity contribution in [2.45, 2.75) is 37.1 Å². The van der Waals surface area contributed by atoms with Gasteiger partial charge in [-0.1, -0.05) is 12.1 Å². The molecule has 43 heavy (non-hydrogen) atoms. The van der Waals surface area contributed by atoms with Crippen LogP contribution in [0.15, 0.2) is 77.1 Å². The van der Waals surface area contributed by atoms with Crippen molar-refractivity contribution in [1.82, 2.24) is 4.98 Å². The van der Waals surface area contributed by atoms with E-state index in [1.165, 1.54) is 57.4 Å². The topological polar surface area (TPSA) is 98.3 Å². The summed E-state index contributed by atoms with van der Waals surface area (Å²) < 4.78 is 85.8. The molecule has 226 valence electrons. The van der Waals surface area contributed by atoms with Crippen LogP contribution in [0.5, 0.6) is 17.2 Å². The quantitative estimate of drug-likeness (QED) is 0.221. The minimum absolute atomic E-state index is 0.0311. The second kappa shape index (κ2) is 11.1. The third-order valence-corrected chi connectivity index (χ3v) is 9.35. The summed E-state index contributed by atoms with van der Waals surface area (Å²) in [5.41, 5.74) is -1.59. The molecule has 0 bridgehead atoms. The molecule has 1 aromatic heterocycles. The highest BCUT2D eigenvalue weighted by Gasteiger charge is 2.44. The predicted molar refractivity (Wildman–Crippen MR) is 155 cm³/mol. The van der Waals surface area contributed by atoms with Crippen molar-refractivity contribution in [3.05, 3.63) is 83.4 Å². The number of aromatic nitrogens is 1. The first kappa shape index (κ1) is 30.2. The average molecular weight is 634 g/mol. The standard InChI is InChI=1S/C29H26F3N3O6S2/c1-28(2)26(36)35(22-11-7-19(29(30,31)32)15-24(22)40-4)23-12-10-21(16-25(23)41-28)43(37,38)34(27-33-13-14-42-27)17-18-5-8-20(39-3)9-6-18/h5-16H,17H2,1-4H3. The van der Waals surface area contributed by atoms with E-state index in [0.29, 0.717) is 11.3 Å². The molecule has 2 heterocycles. The van der Waals surface area contributed by atoms with Gasteiger partial charge in [-0.25, -0.2) is 17.7 Å². The number of fused-ring (bicyclic) bond motifs is 1. The Bertz CT molecular complexity index is 1760. The Hall–Kier alpha value is -4.30. The Morgan fingerprint density at radius 3 is 2.30 bits per heavy atom. The number of carbonyl (C=O) groups is 1. The van der Waals surface area contributed by atoms with Crippen LogP contribution in [-0.2, 0) is 27.5 Å². The number of methoxy groups -OCH3 is 2. The van der Waals surface area contributed by atoms with Gasteiger partial charge in [0.1, 0.15) is 17.2 Å². The second-order valence-electron chi connectivity index (χ2n) is 9.94. The van der Waals surface area contributed by atoms with Crippen molar-refractivity contribution in [3.8, 4) is 17.2 Å². The summed E-state index contributed by atoms with van der Waals surface area (Å²) in [5, 5.41) is 1.90. The van der Waals surface area contributed by atoms with E-state index in [1.54, 1.807) is 29.6 Å². The molecule has 4 aromatic rings. The Morgan fingerprint density at radius 1 is 1.00 bits per heavy atom. The Balaban J connectivity index is 1.59. The van der Waals surface area contributed by atoms with Crippen molar-refractivity contribution in [2.24, 2.45) is 0 Å². The SMILES string of the molecule is COc1ccc(CN(c2nccs2)S(=O)(=O)c2ccc3c(c2)OC(C)(C)C(=O)N3c2ccc(C(F)(F)F)cc2OC)cc1. The van der Waals surface area contributed by atoms with Crippen LogP contribution in [0.2, 0.25) is 0 Å². The molecule has 1 aliphatic rings. The van der Waals surface area contributed by atoms with Crippen LogP contribution in [0.4, 0.5) is 29.7 Å². The molecule has 3 aromatic carbocycles. The lowest BCUT2D eigenvalue weighted by Gasteiger charge is -2.39. The van der Waals surface area contributed by atoms with Gasteiger partial charge in [0.05, 0.1) is 42.6 Å². The maximum atomic E-state index is 14.1. The highest BCUT2D eigenvalue weighted by Crippen LogP contribution is 2.47. The molecule has 5 rings (SSSR count). The summed E-state index contributed by atoms with van der Waals surface area (Å²) in [4.78, 5) is 18.8. The van der Waals surface area contributed by atoms with E-state index in [1.807, 2.05) is 0 Å². The normalized spacial score (nSPS) is 14.6. The van der Waals surface area contributed by atoms with Gasteiger partial charge in [0.2, 0.25) is 0 Å². The van der Waals surface area contributed by atoms with Gasteiger partial charge < -0.3 is 14.2 Å². The van der Waals surface area contributed by atoms with Gasteiger partial charge >= 0.3 is 6.18 Å². The van der Waals surface area contributed by atoms with Crippen molar-refractivity contribution in [2.75, 3.05) is 23.4 Å². The molecule has 0 saturated heterocycles. The Labute approximate surface area is 250 Å². The fourth-order valence-electron chi connectivity index (χ4n) is 4.51. The fraction of sp³-hybridized carbons (Fsp3) is 0.241. The van der Waals surface area contributed by atoms with Crippen LogP contribution < -0.4 is 23.4 Å². The van der Waals surface area contributed by atoms with Crippen LogP contribution in [0.25, 0.3) is 0 Å². The van der Waals surface area contributed by atoms with Gasteiger partial charge in [-0.3, -0.25) is 9.69 Å². The third kappa shape index (κ3) is 5.71. The largest absolute Gasteiger partial charge is 0.497 e. The molecule has 0 aliphatic carbocycles. The summed E-state index contributed by atoms with van der Waals surface area (Å²) in [5.74, 6) is -0.127. The highest BCUT2D eigenvalue weighted by atomic mass is 32.2. The molecular weight excluding hydrogens is 607 g/mol. The van der Waals surface area contributed by atoms with Gasteiger partial charge in [0.25, 0.3) is 15.9 Å². The number of thiazole rings is 1. The average Bonchev–Trinajstić information content (AvgIpc) is 3.50. The van der Waals surface area contributed by atoms with Gasteiger partial charge in [-0.15, -0.1) is 11.3 Å². The third-order valence-electron chi connectivity index (χ3n) is 6.71. The minimum atomic E-state index is -4.63. The van der Waals surface area contributed by atoms with Crippen molar-refractivity contribution in [1.29, 1.82) is 0 Å². The first-order chi connectivity index (χ1) is 20.3. The molecule has 0 unspecified atom stereocenters. The molecule has 1 aliphatic heterocycles. The number of benzene rings is 3. The van der Waals surface area contributed by atoms with Crippen LogP contribution in [0.1, 0.15) is 25.0 Å². The molecule has 0 spiro atoms. The number of halogens is 3. The number of hydrogen-bond acceptors (Lipinski definition) is 8. The first-order valence-corrected chi connectivity index (χ1v) is 15.1. The van der Waals surface area contributed by atoms with E-state index >= 15 is 0 Å². The van der Waals surface area contributed by atoms with Gasteiger partial charge in [-0.05, 0) is 61.9 Å². The van der Waals surface area contributed by atoms with Crippen molar-refractivity contribution >= 4 is 43.8 Å². The van der Waals surface area contributed by atoms with E-state index in [-0.39, 0.29) is 39.4 Å². The zero-order chi connectivity index (χ0) is 31.2. The Morgan fingerprint density at radius 2 is 1.70 bits per heavy atom. The van der Waals surface area contributed by atoms with E-state index in [2.05, 4.69) is 4.98 Å². The van der Waals surface area contributed by atoms with E-state index in [0.717, 1.165) is 33.8 Å². The molecule has 0 atom stereocenters. The zero-order valence-corrected chi connectivity index (χ0v) is 25.0. The Kier molecular flexibility index (Phi) is 7.77.